The topological polar surface area (TPSA) is 60.0 Å². The minimum absolute atomic E-state index is 0.00820. The molecule has 3 rings (SSSR count). The van der Waals surface area contributed by atoms with Crippen molar-refractivity contribution >= 4 is 11.9 Å². The lowest BCUT2D eigenvalue weighted by molar-refractivity contribution is -0.127. The van der Waals surface area contributed by atoms with Gasteiger partial charge in [0.2, 0.25) is 5.91 Å². The molecule has 0 aromatic heterocycles. The molecule has 2 fully saturated rings. The van der Waals surface area contributed by atoms with E-state index < -0.39 is 0 Å². The first-order valence-corrected chi connectivity index (χ1v) is 11.2. The normalized spacial score (nSPS) is 19.5. The van der Waals surface area contributed by atoms with E-state index in [1.807, 2.05) is 12.1 Å². The fourth-order valence-corrected chi connectivity index (χ4v) is 4.14. The molecule has 30 heavy (non-hydrogen) atoms. The summed E-state index contributed by atoms with van der Waals surface area (Å²) in [6.07, 6.45) is 8.19. The van der Waals surface area contributed by atoms with Crippen LogP contribution in [0.1, 0.15) is 50.5 Å². The molecule has 1 aliphatic heterocycles. The highest BCUT2D eigenvalue weighted by Gasteiger charge is 2.22. The van der Waals surface area contributed by atoms with Crippen LogP contribution >= 0.6 is 0 Å². The predicted molar refractivity (Wildman–Crippen MR) is 119 cm³/mol. The third kappa shape index (κ3) is 7.27. The second-order valence-corrected chi connectivity index (χ2v) is 8.75. The Balaban J connectivity index is 1.51. The number of hydrogen-bond acceptors (Lipinski definition) is 3. The molecule has 6 nitrogen and oxygen atoms in total. The van der Waals surface area contributed by atoms with E-state index in [1.54, 1.807) is 19.0 Å². The number of guanidine groups is 1. The average molecular weight is 418 g/mol. The van der Waals surface area contributed by atoms with Gasteiger partial charge < -0.3 is 15.5 Å². The zero-order valence-corrected chi connectivity index (χ0v) is 18.4. The monoisotopic (exact) mass is 417 g/mol. The Morgan fingerprint density at radius 3 is 2.23 bits per heavy atom. The van der Waals surface area contributed by atoms with Gasteiger partial charge in [-0.15, -0.1) is 0 Å². The molecule has 1 aromatic carbocycles. The van der Waals surface area contributed by atoms with Crippen molar-refractivity contribution in [2.45, 2.75) is 63.6 Å². The van der Waals surface area contributed by atoms with E-state index in [0.29, 0.717) is 12.1 Å². The molecule has 166 valence electrons. The Morgan fingerprint density at radius 2 is 1.63 bits per heavy atom. The lowest BCUT2D eigenvalue weighted by Crippen LogP contribution is -2.51. The van der Waals surface area contributed by atoms with Crippen molar-refractivity contribution in [3.8, 4) is 0 Å². The van der Waals surface area contributed by atoms with E-state index in [0.717, 1.165) is 44.0 Å². The van der Waals surface area contributed by atoms with Gasteiger partial charge in [0.1, 0.15) is 12.4 Å². The summed E-state index contributed by atoms with van der Waals surface area (Å²) in [7, 11) is 3.52. The van der Waals surface area contributed by atoms with Gasteiger partial charge in [-0.25, -0.2) is 9.38 Å². The molecule has 1 heterocycles. The van der Waals surface area contributed by atoms with Crippen LogP contribution < -0.4 is 10.6 Å². The quantitative estimate of drug-likeness (QED) is 0.552. The van der Waals surface area contributed by atoms with Crippen LogP contribution in [0.5, 0.6) is 0 Å². The SMILES string of the molecule is CN(C)C(=O)CN=C(NC1CCCCC1)NC1CCN(Cc2ccc(F)cc2)CC1. The minimum Gasteiger partial charge on any atom is -0.354 e. The Kier molecular flexibility index (Phi) is 8.49. The summed E-state index contributed by atoms with van der Waals surface area (Å²) >= 11 is 0. The van der Waals surface area contributed by atoms with Crippen LogP contribution in [0.3, 0.4) is 0 Å². The Morgan fingerprint density at radius 1 is 1.03 bits per heavy atom. The first-order chi connectivity index (χ1) is 14.5. The number of carbonyl (C=O) groups excluding carboxylic acids is 1. The van der Waals surface area contributed by atoms with Crippen LogP contribution in [0.25, 0.3) is 0 Å². The molecule has 1 amide bonds. The van der Waals surface area contributed by atoms with Crippen LogP contribution in [0, 0.1) is 5.82 Å². The number of aliphatic imine (C=N–C) groups is 1. The van der Waals surface area contributed by atoms with E-state index >= 15 is 0 Å². The highest BCUT2D eigenvalue weighted by molar-refractivity contribution is 5.85. The number of hydrogen-bond donors (Lipinski definition) is 2. The van der Waals surface area contributed by atoms with Crippen molar-refractivity contribution in [2.75, 3.05) is 33.7 Å². The largest absolute Gasteiger partial charge is 0.354 e. The fourth-order valence-electron chi connectivity index (χ4n) is 4.14. The Hall–Kier alpha value is -2.15. The Bertz CT molecular complexity index is 692. The number of likely N-dealkylation sites (tertiary alicyclic amines) is 1. The van der Waals surface area contributed by atoms with Crippen LogP contribution in [-0.2, 0) is 11.3 Å². The molecule has 1 aliphatic carbocycles. The number of rotatable bonds is 6. The van der Waals surface area contributed by atoms with E-state index in [2.05, 4.69) is 20.5 Å². The lowest BCUT2D eigenvalue weighted by atomic mass is 9.95. The fraction of sp³-hybridized carbons (Fsp3) is 0.652. The zero-order valence-electron chi connectivity index (χ0n) is 18.4. The van der Waals surface area contributed by atoms with Crippen LogP contribution in [0.2, 0.25) is 0 Å². The first kappa shape index (κ1) is 22.5. The van der Waals surface area contributed by atoms with Crippen molar-refractivity contribution < 1.29 is 9.18 Å². The van der Waals surface area contributed by atoms with E-state index in [-0.39, 0.29) is 18.3 Å². The van der Waals surface area contributed by atoms with Crippen molar-refractivity contribution in [3.05, 3.63) is 35.6 Å². The van der Waals surface area contributed by atoms with Gasteiger partial charge in [0.25, 0.3) is 0 Å². The molecule has 0 radical (unpaired) electrons. The molecular weight excluding hydrogens is 381 g/mol. The highest BCUT2D eigenvalue weighted by Crippen LogP contribution is 2.18. The molecule has 2 N–H and O–H groups in total. The van der Waals surface area contributed by atoms with Gasteiger partial charge in [0.05, 0.1) is 0 Å². The van der Waals surface area contributed by atoms with Crippen molar-refractivity contribution in [3.63, 3.8) is 0 Å². The number of halogens is 1. The van der Waals surface area contributed by atoms with E-state index in [4.69, 9.17) is 0 Å². The smallest absolute Gasteiger partial charge is 0.243 e. The van der Waals surface area contributed by atoms with Gasteiger partial charge in [0, 0.05) is 45.8 Å². The summed E-state index contributed by atoms with van der Waals surface area (Å²) in [4.78, 5) is 20.6. The van der Waals surface area contributed by atoms with Crippen LogP contribution in [-0.4, -0.2) is 67.5 Å². The highest BCUT2D eigenvalue weighted by atomic mass is 19.1. The standard InChI is InChI=1S/C23H36FN5O/c1-28(2)22(30)16-25-23(26-20-6-4-3-5-7-20)27-21-12-14-29(15-13-21)17-18-8-10-19(24)11-9-18/h8-11,20-21H,3-7,12-17H2,1-2H3,(H2,25,26,27). The maximum absolute atomic E-state index is 13.1. The number of carbonyl (C=O) groups is 1. The number of benzene rings is 1. The van der Waals surface area contributed by atoms with Crippen LogP contribution in [0.15, 0.2) is 29.3 Å². The van der Waals surface area contributed by atoms with Gasteiger partial charge in [0.15, 0.2) is 5.96 Å². The van der Waals surface area contributed by atoms with Gasteiger partial charge in [-0.1, -0.05) is 31.4 Å². The molecule has 0 atom stereocenters. The second kappa shape index (κ2) is 11.3. The number of nitrogens with zero attached hydrogens (tertiary/aromatic N) is 3. The molecule has 7 heteroatoms. The molecule has 2 aliphatic rings. The summed E-state index contributed by atoms with van der Waals surface area (Å²) in [5.74, 6) is 0.592. The minimum atomic E-state index is -0.188. The summed E-state index contributed by atoms with van der Waals surface area (Å²) in [6.45, 7) is 2.99. The van der Waals surface area contributed by atoms with Gasteiger partial charge >= 0.3 is 0 Å². The van der Waals surface area contributed by atoms with E-state index in [9.17, 15) is 9.18 Å². The summed E-state index contributed by atoms with van der Waals surface area (Å²) in [5, 5.41) is 7.15. The number of nitrogens with one attached hydrogen (secondary N) is 2. The molecule has 0 unspecified atom stereocenters. The van der Waals surface area contributed by atoms with Gasteiger partial charge in [-0.2, -0.15) is 0 Å². The molecule has 0 bridgehead atoms. The molecule has 1 saturated carbocycles. The van der Waals surface area contributed by atoms with Gasteiger partial charge in [-0.05, 0) is 43.4 Å². The molecule has 1 saturated heterocycles. The van der Waals surface area contributed by atoms with Gasteiger partial charge in [-0.3, -0.25) is 9.69 Å². The number of amides is 1. The second-order valence-electron chi connectivity index (χ2n) is 8.75. The number of likely N-dealkylation sites (N-methyl/N-ethyl adjacent to an activating group) is 1. The van der Waals surface area contributed by atoms with Crippen molar-refractivity contribution in [2.24, 2.45) is 4.99 Å². The summed E-state index contributed by atoms with van der Waals surface area (Å²) in [6, 6.07) is 7.56. The summed E-state index contributed by atoms with van der Waals surface area (Å²) in [5.41, 5.74) is 1.14. The van der Waals surface area contributed by atoms with Crippen molar-refractivity contribution in [1.82, 2.24) is 20.4 Å². The molecular formula is C23H36FN5O. The zero-order chi connectivity index (χ0) is 21.3. The van der Waals surface area contributed by atoms with Crippen molar-refractivity contribution in [1.29, 1.82) is 0 Å². The lowest BCUT2D eigenvalue weighted by Gasteiger charge is -2.34. The predicted octanol–water partition coefficient (Wildman–Crippen LogP) is 2.75. The third-order valence-electron chi connectivity index (χ3n) is 6.07. The Labute approximate surface area is 179 Å². The summed E-state index contributed by atoms with van der Waals surface area (Å²) < 4.78 is 13.1. The first-order valence-electron chi connectivity index (χ1n) is 11.2. The average Bonchev–Trinajstić information content (AvgIpc) is 2.75. The maximum Gasteiger partial charge on any atom is 0.243 e. The van der Waals surface area contributed by atoms with Crippen LogP contribution in [0.4, 0.5) is 4.39 Å². The number of piperidine rings is 1. The maximum atomic E-state index is 13.1. The van der Waals surface area contributed by atoms with E-state index in [1.165, 1.54) is 44.2 Å². The third-order valence-corrected chi connectivity index (χ3v) is 6.07. The molecule has 0 spiro atoms. The molecule has 1 aromatic rings.